The van der Waals surface area contributed by atoms with E-state index in [1.807, 2.05) is 16.8 Å². The highest BCUT2D eigenvalue weighted by Crippen LogP contribution is 2.30. The van der Waals surface area contributed by atoms with Crippen molar-refractivity contribution in [2.45, 2.75) is 52.0 Å². The fourth-order valence-corrected chi connectivity index (χ4v) is 4.50. The van der Waals surface area contributed by atoms with Gasteiger partial charge in [-0.15, -0.1) is 0 Å². The zero-order valence-corrected chi connectivity index (χ0v) is 17.8. The number of carbonyl (C=O) groups is 1. The van der Waals surface area contributed by atoms with Crippen LogP contribution in [-0.4, -0.2) is 39.6 Å². The number of anilines is 1. The summed E-state index contributed by atoms with van der Waals surface area (Å²) in [5.74, 6) is 1.94. The number of aryl methyl sites for hydroxylation is 1. The maximum atomic E-state index is 12.0. The number of hydrogen-bond acceptors (Lipinski definition) is 4. The summed E-state index contributed by atoms with van der Waals surface area (Å²) in [5, 5.41) is 7.57. The first-order valence-corrected chi connectivity index (χ1v) is 11.0. The number of nitrogens with zero attached hydrogens (tertiary/aromatic N) is 4. The Kier molecular flexibility index (Phi) is 4.93. The van der Waals surface area contributed by atoms with Gasteiger partial charge in [0.05, 0.1) is 12.6 Å². The molecule has 2 aromatic heterocycles. The maximum absolute atomic E-state index is 12.0. The van der Waals surface area contributed by atoms with Crippen LogP contribution in [0, 0.1) is 19.8 Å². The van der Waals surface area contributed by atoms with Gasteiger partial charge in [0, 0.05) is 36.5 Å². The van der Waals surface area contributed by atoms with Crippen molar-refractivity contribution in [3.05, 3.63) is 58.9 Å². The zero-order chi connectivity index (χ0) is 20.7. The summed E-state index contributed by atoms with van der Waals surface area (Å²) in [6, 6.07) is 11.0. The molecule has 2 aliphatic rings. The van der Waals surface area contributed by atoms with Crippen LogP contribution < -0.4 is 10.2 Å². The van der Waals surface area contributed by atoms with Gasteiger partial charge in [0.1, 0.15) is 5.82 Å². The zero-order valence-electron chi connectivity index (χ0n) is 17.8. The first-order valence-electron chi connectivity index (χ1n) is 11.0. The van der Waals surface area contributed by atoms with Gasteiger partial charge in [-0.05, 0) is 56.6 Å². The lowest BCUT2D eigenvalue weighted by Gasteiger charge is -2.22. The van der Waals surface area contributed by atoms with Gasteiger partial charge in [-0.25, -0.2) is 4.98 Å². The Labute approximate surface area is 177 Å². The molecule has 1 amide bonds. The fourth-order valence-electron chi connectivity index (χ4n) is 4.50. The van der Waals surface area contributed by atoms with Gasteiger partial charge in [-0.3, -0.25) is 4.79 Å². The average molecular weight is 404 g/mol. The molecule has 1 N–H and O–H groups in total. The van der Waals surface area contributed by atoms with E-state index in [4.69, 9.17) is 0 Å². The number of hydrogen-bond donors (Lipinski definition) is 1. The second-order valence-electron chi connectivity index (χ2n) is 8.89. The molecule has 0 spiro atoms. The highest BCUT2D eigenvalue weighted by Gasteiger charge is 2.27. The van der Waals surface area contributed by atoms with Crippen LogP contribution in [0.3, 0.4) is 0 Å². The van der Waals surface area contributed by atoms with E-state index >= 15 is 0 Å². The molecule has 6 heteroatoms. The Hall–Kier alpha value is -2.89. The van der Waals surface area contributed by atoms with E-state index in [1.54, 1.807) is 0 Å². The van der Waals surface area contributed by atoms with Crippen molar-refractivity contribution >= 4 is 17.4 Å². The van der Waals surface area contributed by atoms with Crippen LogP contribution in [0.15, 0.2) is 36.5 Å². The number of rotatable bonds is 6. The SMILES string of the molecule is Cc1nc2ccnn2c(N2CCC(Cc3ccc(CC(=O)NC4CC4)cc3)C2)c1C. The molecule has 1 saturated heterocycles. The molecule has 156 valence electrons. The third-order valence-electron chi connectivity index (χ3n) is 6.42. The summed E-state index contributed by atoms with van der Waals surface area (Å²) in [6.45, 7) is 6.30. The minimum Gasteiger partial charge on any atom is -0.356 e. The molecular formula is C24H29N5O. The molecule has 2 fully saturated rings. The quantitative estimate of drug-likeness (QED) is 0.686. The van der Waals surface area contributed by atoms with Crippen molar-refractivity contribution in [2.75, 3.05) is 18.0 Å². The van der Waals surface area contributed by atoms with E-state index < -0.39 is 0 Å². The lowest BCUT2D eigenvalue weighted by Crippen LogP contribution is -2.26. The van der Waals surface area contributed by atoms with E-state index in [0.717, 1.165) is 49.3 Å². The fraction of sp³-hybridized carbons (Fsp3) is 0.458. The van der Waals surface area contributed by atoms with Crippen molar-refractivity contribution in [3.63, 3.8) is 0 Å². The Morgan fingerprint density at radius 2 is 1.87 bits per heavy atom. The predicted octanol–water partition coefficient (Wildman–Crippen LogP) is 3.24. The molecule has 0 radical (unpaired) electrons. The Morgan fingerprint density at radius 1 is 1.10 bits per heavy atom. The van der Waals surface area contributed by atoms with Gasteiger partial charge in [0.15, 0.2) is 5.65 Å². The van der Waals surface area contributed by atoms with Crippen molar-refractivity contribution in [2.24, 2.45) is 5.92 Å². The smallest absolute Gasteiger partial charge is 0.224 e. The monoisotopic (exact) mass is 403 g/mol. The van der Waals surface area contributed by atoms with E-state index in [9.17, 15) is 4.79 Å². The van der Waals surface area contributed by atoms with Gasteiger partial charge in [0.2, 0.25) is 5.91 Å². The second-order valence-corrected chi connectivity index (χ2v) is 8.89. The highest BCUT2D eigenvalue weighted by atomic mass is 16.1. The second kappa shape index (κ2) is 7.74. The largest absolute Gasteiger partial charge is 0.356 e. The Bertz CT molecular complexity index is 1070. The Balaban J connectivity index is 1.23. The highest BCUT2D eigenvalue weighted by molar-refractivity contribution is 5.79. The number of carbonyl (C=O) groups excluding carboxylic acids is 1. The molecule has 5 rings (SSSR count). The van der Waals surface area contributed by atoms with Crippen molar-refractivity contribution in [1.29, 1.82) is 0 Å². The lowest BCUT2D eigenvalue weighted by molar-refractivity contribution is -0.120. The molecule has 1 atom stereocenters. The third kappa shape index (κ3) is 3.91. The van der Waals surface area contributed by atoms with E-state index in [0.29, 0.717) is 18.4 Å². The standard InChI is InChI=1S/C24H29N5O/c1-16-17(2)26-22-9-11-25-29(22)24(16)28-12-10-20(15-28)13-18-3-5-19(6-4-18)14-23(30)27-21-7-8-21/h3-6,9,11,20-21H,7-8,10,12-15H2,1-2H3,(H,27,30). The van der Waals surface area contributed by atoms with E-state index in [1.165, 1.54) is 23.4 Å². The minimum absolute atomic E-state index is 0.143. The van der Waals surface area contributed by atoms with Crippen LogP contribution in [-0.2, 0) is 17.6 Å². The van der Waals surface area contributed by atoms with Crippen molar-refractivity contribution < 1.29 is 4.79 Å². The van der Waals surface area contributed by atoms with Crippen molar-refractivity contribution in [1.82, 2.24) is 19.9 Å². The first-order chi connectivity index (χ1) is 14.6. The van der Waals surface area contributed by atoms with Gasteiger partial charge in [0.25, 0.3) is 0 Å². The molecule has 1 unspecified atom stereocenters. The topological polar surface area (TPSA) is 62.5 Å². The summed E-state index contributed by atoms with van der Waals surface area (Å²) in [4.78, 5) is 19.1. The van der Waals surface area contributed by atoms with E-state index in [2.05, 4.69) is 58.4 Å². The van der Waals surface area contributed by atoms with Crippen LogP contribution in [0.4, 0.5) is 5.82 Å². The van der Waals surface area contributed by atoms with Crippen molar-refractivity contribution in [3.8, 4) is 0 Å². The molecule has 3 aromatic rings. The lowest BCUT2D eigenvalue weighted by atomic mass is 9.97. The summed E-state index contributed by atoms with van der Waals surface area (Å²) in [5.41, 5.74) is 5.63. The number of amides is 1. The van der Waals surface area contributed by atoms with Crippen LogP contribution in [0.2, 0.25) is 0 Å². The molecule has 0 bridgehead atoms. The molecule has 1 aliphatic heterocycles. The average Bonchev–Trinajstić information content (AvgIpc) is 3.21. The van der Waals surface area contributed by atoms with Gasteiger partial charge >= 0.3 is 0 Å². The maximum Gasteiger partial charge on any atom is 0.224 e. The summed E-state index contributed by atoms with van der Waals surface area (Å²) in [7, 11) is 0. The first kappa shape index (κ1) is 19.1. The summed E-state index contributed by atoms with van der Waals surface area (Å²) >= 11 is 0. The molecular weight excluding hydrogens is 374 g/mol. The number of fused-ring (bicyclic) bond motifs is 1. The van der Waals surface area contributed by atoms with E-state index in [-0.39, 0.29) is 5.91 Å². The normalized spacial score (nSPS) is 18.9. The van der Waals surface area contributed by atoms with Crippen LogP contribution in [0.1, 0.15) is 41.6 Å². The van der Waals surface area contributed by atoms with Gasteiger partial charge in [-0.2, -0.15) is 9.61 Å². The van der Waals surface area contributed by atoms with Crippen LogP contribution in [0.5, 0.6) is 0 Å². The molecule has 1 aromatic carbocycles. The molecule has 3 heterocycles. The minimum atomic E-state index is 0.143. The van der Waals surface area contributed by atoms with Crippen LogP contribution in [0.25, 0.3) is 5.65 Å². The summed E-state index contributed by atoms with van der Waals surface area (Å²) < 4.78 is 1.98. The number of aromatic nitrogens is 3. The molecule has 1 aliphatic carbocycles. The number of nitrogens with one attached hydrogen (secondary N) is 1. The molecule has 1 saturated carbocycles. The molecule has 6 nitrogen and oxygen atoms in total. The third-order valence-corrected chi connectivity index (χ3v) is 6.42. The van der Waals surface area contributed by atoms with Crippen LogP contribution >= 0.6 is 0 Å². The van der Waals surface area contributed by atoms with Gasteiger partial charge < -0.3 is 10.2 Å². The Morgan fingerprint density at radius 3 is 2.63 bits per heavy atom. The van der Waals surface area contributed by atoms with Gasteiger partial charge in [-0.1, -0.05) is 24.3 Å². The molecule has 30 heavy (non-hydrogen) atoms. The number of benzene rings is 1. The predicted molar refractivity (Wildman–Crippen MR) is 118 cm³/mol. The summed E-state index contributed by atoms with van der Waals surface area (Å²) in [6.07, 6.45) is 6.81.